The fourth-order valence-corrected chi connectivity index (χ4v) is 3.65. The molecule has 0 amide bonds. The number of aryl methyl sites for hydroxylation is 2. The molecule has 0 saturated carbocycles. The third kappa shape index (κ3) is 2.46. The lowest BCUT2D eigenvalue weighted by molar-refractivity contribution is 0.177. The van der Waals surface area contributed by atoms with E-state index in [1.807, 2.05) is 10.9 Å². The van der Waals surface area contributed by atoms with Gasteiger partial charge in [-0.15, -0.1) is 0 Å². The molecule has 2 atom stereocenters. The van der Waals surface area contributed by atoms with E-state index in [4.69, 9.17) is 9.15 Å². The smallest absolute Gasteiger partial charge is 0.176 e. The van der Waals surface area contributed by atoms with Crippen LogP contribution in [0, 0.1) is 0 Å². The molecule has 2 aromatic heterocycles. The second-order valence-corrected chi connectivity index (χ2v) is 6.15. The molecule has 0 radical (unpaired) electrons. The lowest BCUT2D eigenvalue weighted by atomic mass is 9.92. The summed E-state index contributed by atoms with van der Waals surface area (Å²) < 4.78 is 12.8. The number of hydrogen-bond donors (Lipinski definition) is 1. The van der Waals surface area contributed by atoms with Crippen molar-refractivity contribution < 1.29 is 9.15 Å². The Bertz CT molecular complexity index is 648. The van der Waals surface area contributed by atoms with E-state index in [2.05, 4.69) is 21.5 Å². The van der Waals surface area contributed by atoms with E-state index in [9.17, 15) is 0 Å². The lowest BCUT2D eigenvalue weighted by Gasteiger charge is -2.30. The van der Waals surface area contributed by atoms with Gasteiger partial charge in [0.2, 0.25) is 0 Å². The Balaban J connectivity index is 1.56. The zero-order valence-electron chi connectivity index (χ0n) is 12.9. The van der Waals surface area contributed by atoms with Gasteiger partial charge in [0, 0.05) is 31.7 Å². The second kappa shape index (κ2) is 5.85. The molecule has 2 aromatic rings. The molecule has 0 aromatic carbocycles. The molecule has 1 N–H and O–H groups in total. The fraction of sp³-hybridized carbons (Fsp3) is 0.625. The SMILES string of the molecule is COCc1nc2n(n1)CCC[C@@H]2N[C@@H]1CCCc2occc21. The summed E-state index contributed by atoms with van der Waals surface area (Å²) in [7, 11) is 1.68. The van der Waals surface area contributed by atoms with Gasteiger partial charge in [-0.05, 0) is 31.7 Å². The van der Waals surface area contributed by atoms with Gasteiger partial charge in [-0.2, -0.15) is 5.10 Å². The van der Waals surface area contributed by atoms with Gasteiger partial charge in [-0.1, -0.05) is 0 Å². The van der Waals surface area contributed by atoms with Crippen LogP contribution in [0.3, 0.4) is 0 Å². The van der Waals surface area contributed by atoms with E-state index < -0.39 is 0 Å². The molecule has 0 spiro atoms. The van der Waals surface area contributed by atoms with E-state index in [1.165, 1.54) is 12.0 Å². The zero-order valence-corrected chi connectivity index (χ0v) is 12.9. The number of methoxy groups -OCH3 is 1. The van der Waals surface area contributed by atoms with Crippen LogP contribution < -0.4 is 5.32 Å². The van der Waals surface area contributed by atoms with Gasteiger partial charge in [-0.25, -0.2) is 9.67 Å². The maximum atomic E-state index is 5.59. The average Bonchev–Trinajstić information content (AvgIpc) is 3.14. The summed E-state index contributed by atoms with van der Waals surface area (Å²) in [4.78, 5) is 4.67. The first-order valence-corrected chi connectivity index (χ1v) is 8.10. The summed E-state index contributed by atoms with van der Waals surface area (Å²) in [5.41, 5.74) is 1.32. The number of rotatable bonds is 4. The van der Waals surface area contributed by atoms with Gasteiger partial charge in [0.1, 0.15) is 18.2 Å². The van der Waals surface area contributed by atoms with Gasteiger partial charge >= 0.3 is 0 Å². The third-order valence-electron chi connectivity index (χ3n) is 4.65. The maximum Gasteiger partial charge on any atom is 0.176 e. The molecule has 6 heteroatoms. The lowest BCUT2D eigenvalue weighted by Crippen LogP contribution is -2.33. The normalized spacial score (nSPS) is 24.0. The number of nitrogens with zero attached hydrogens (tertiary/aromatic N) is 3. The van der Waals surface area contributed by atoms with Gasteiger partial charge in [0.25, 0.3) is 0 Å². The molecule has 6 nitrogen and oxygen atoms in total. The first kappa shape index (κ1) is 14.0. The molecule has 2 aliphatic rings. The van der Waals surface area contributed by atoms with Crippen molar-refractivity contribution in [2.45, 2.75) is 57.3 Å². The minimum atomic E-state index is 0.262. The number of fused-ring (bicyclic) bond motifs is 2. The number of aromatic nitrogens is 3. The van der Waals surface area contributed by atoms with Crippen LogP contribution in [0.1, 0.15) is 60.7 Å². The molecule has 3 heterocycles. The standard InChI is InChI=1S/C16H22N4O2/c1-21-10-15-18-16-13(5-3-8-20(16)19-15)17-12-4-2-6-14-11(12)7-9-22-14/h7,9,12-13,17H,2-6,8,10H2,1H3/t12-,13+/m1/s1. The van der Waals surface area contributed by atoms with E-state index >= 15 is 0 Å². The molecule has 0 saturated heterocycles. The summed E-state index contributed by atoms with van der Waals surface area (Å²) in [6.45, 7) is 1.42. The van der Waals surface area contributed by atoms with E-state index in [1.54, 1.807) is 7.11 Å². The highest BCUT2D eigenvalue weighted by molar-refractivity contribution is 5.24. The monoisotopic (exact) mass is 302 g/mol. The molecule has 22 heavy (non-hydrogen) atoms. The van der Waals surface area contributed by atoms with Crippen molar-refractivity contribution in [3.05, 3.63) is 35.3 Å². The van der Waals surface area contributed by atoms with Crippen molar-refractivity contribution in [1.29, 1.82) is 0 Å². The molecule has 0 bridgehead atoms. The largest absolute Gasteiger partial charge is 0.469 e. The Kier molecular flexibility index (Phi) is 3.72. The summed E-state index contributed by atoms with van der Waals surface area (Å²) in [6, 6.07) is 2.73. The molecule has 4 rings (SSSR count). The van der Waals surface area contributed by atoms with Crippen molar-refractivity contribution >= 4 is 0 Å². The van der Waals surface area contributed by atoms with Crippen molar-refractivity contribution in [2.75, 3.05) is 7.11 Å². The highest BCUT2D eigenvalue weighted by atomic mass is 16.5. The van der Waals surface area contributed by atoms with Gasteiger partial charge < -0.3 is 14.5 Å². The van der Waals surface area contributed by atoms with Gasteiger partial charge in [0.05, 0.1) is 12.3 Å². The van der Waals surface area contributed by atoms with Crippen LogP contribution in [0.2, 0.25) is 0 Å². The number of ether oxygens (including phenoxy) is 1. The van der Waals surface area contributed by atoms with Crippen molar-refractivity contribution in [3.63, 3.8) is 0 Å². The van der Waals surface area contributed by atoms with Crippen LogP contribution >= 0.6 is 0 Å². The first-order valence-electron chi connectivity index (χ1n) is 8.10. The molecular weight excluding hydrogens is 280 g/mol. The van der Waals surface area contributed by atoms with Gasteiger partial charge in [-0.3, -0.25) is 0 Å². The van der Waals surface area contributed by atoms with Crippen molar-refractivity contribution in [3.8, 4) is 0 Å². The maximum absolute atomic E-state index is 5.59. The van der Waals surface area contributed by atoms with Crippen LogP contribution in [0.25, 0.3) is 0 Å². The molecule has 1 aliphatic carbocycles. The topological polar surface area (TPSA) is 65.1 Å². The Morgan fingerprint density at radius 3 is 3.18 bits per heavy atom. The van der Waals surface area contributed by atoms with Crippen LogP contribution in [0.5, 0.6) is 0 Å². The number of nitrogens with one attached hydrogen (secondary N) is 1. The molecule has 0 unspecified atom stereocenters. The van der Waals surface area contributed by atoms with Crippen LogP contribution in [0.4, 0.5) is 0 Å². The fourth-order valence-electron chi connectivity index (χ4n) is 3.65. The molecular formula is C16H22N4O2. The zero-order chi connectivity index (χ0) is 14.9. The summed E-state index contributed by atoms with van der Waals surface area (Å²) in [5, 5.41) is 8.33. The van der Waals surface area contributed by atoms with E-state index in [0.29, 0.717) is 12.6 Å². The Hall–Kier alpha value is -1.66. The Morgan fingerprint density at radius 2 is 2.27 bits per heavy atom. The van der Waals surface area contributed by atoms with Crippen LogP contribution in [-0.2, 0) is 24.3 Å². The minimum Gasteiger partial charge on any atom is -0.469 e. The molecule has 0 fully saturated rings. The first-order chi connectivity index (χ1) is 10.8. The molecule has 1 aliphatic heterocycles. The van der Waals surface area contributed by atoms with Crippen LogP contribution in [-0.4, -0.2) is 21.9 Å². The summed E-state index contributed by atoms with van der Waals surface area (Å²) in [5.74, 6) is 2.97. The highest BCUT2D eigenvalue weighted by Gasteiger charge is 2.29. The Labute approximate surface area is 129 Å². The predicted molar refractivity (Wildman–Crippen MR) is 80.2 cm³/mol. The molecule has 118 valence electrons. The minimum absolute atomic E-state index is 0.262. The number of hydrogen-bond acceptors (Lipinski definition) is 5. The van der Waals surface area contributed by atoms with E-state index in [-0.39, 0.29) is 6.04 Å². The summed E-state index contributed by atoms with van der Waals surface area (Å²) in [6.07, 6.45) is 7.43. The second-order valence-electron chi connectivity index (χ2n) is 6.15. The quantitative estimate of drug-likeness (QED) is 0.940. The predicted octanol–water partition coefficient (Wildman–Crippen LogP) is 2.52. The average molecular weight is 302 g/mol. The number of furan rings is 1. The van der Waals surface area contributed by atoms with Crippen molar-refractivity contribution in [1.82, 2.24) is 20.1 Å². The van der Waals surface area contributed by atoms with E-state index in [0.717, 1.165) is 49.6 Å². The highest BCUT2D eigenvalue weighted by Crippen LogP contribution is 2.34. The van der Waals surface area contributed by atoms with Crippen molar-refractivity contribution in [2.24, 2.45) is 0 Å². The third-order valence-corrected chi connectivity index (χ3v) is 4.65. The summed E-state index contributed by atoms with van der Waals surface area (Å²) >= 11 is 0. The van der Waals surface area contributed by atoms with Gasteiger partial charge in [0.15, 0.2) is 5.82 Å². The Morgan fingerprint density at radius 1 is 1.36 bits per heavy atom. The van der Waals surface area contributed by atoms with Crippen LogP contribution in [0.15, 0.2) is 16.7 Å².